The molecule has 1 saturated heterocycles. The van der Waals surface area contributed by atoms with Crippen molar-refractivity contribution in [3.8, 4) is 0 Å². The highest BCUT2D eigenvalue weighted by Gasteiger charge is 2.22. The first-order valence-electron chi connectivity index (χ1n) is 6.43. The first kappa shape index (κ1) is 14.3. The molecular weight excluding hydrogens is 262 g/mol. The molecule has 0 spiro atoms. The fourth-order valence-corrected chi connectivity index (χ4v) is 2.24. The molecule has 3 N–H and O–H groups in total. The molecule has 7 nitrogen and oxygen atoms in total. The van der Waals surface area contributed by atoms with Crippen LogP contribution in [0.5, 0.6) is 0 Å². The fourth-order valence-electron chi connectivity index (χ4n) is 2.24. The van der Waals surface area contributed by atoms with Gasteiger partial charge in [0.05, 0.1) is 11.0 Å². The van der Waals surface area contributed by atoms with Gasteiger partial charge in [0.25, 0.3) is 11.6 Å². The first-order valence-corrected chi connectivity index (χ1v) is 6.43. The van der Waals surface area contributed by atoms with Gasteiger partial charge in [-0.05, 0) is 31.9 Å². The van der Waals surface area contributed by atoms with E-state index in [-0.39, 0.29) is 35.0 Å². The molecule has 1 amide bonds. The third kappa shape index (κ3) is 3.24. The SMILES string of the molecule is CC1CC(NC(=O)c2ccc(N)c([N+](=O)[O-])c2)CCO1. The summed E-state index contributed by atoms with van der Waals surface area (Å²) in [6, 6.07) is 4.09. The Morgan fingerprint density at radius 1 is 1.55 bits per heavy atom. The average molecular weight is 279 g/mol. The van der Waals surface area contributed by atoms with Gasteiger partial charge in [-0.15, -0.1) is 0 Å². The summed E-state index contributed by atoms with van der Waals surface area (Å²) >= 11 is 0. The van der Waals surface area contributed by atoms with Gasteiger partial charge in [0, 0.05) is 24.3 Å². The molecule has 1 aromatic rings. The summed E-state index contributed by atoms with van der Waals surface area (Å²) in [7, 11) is 0. The van der Waals surface area contributed by atoms with Gasteiger partial charge in [0.1, 0.15) is 5.69 Å². The van der Waals surface area contributed by atoms with Crippen molar-refractivity contribution >= 4 is 17.3 Å². The highest BCUT2D eigenvalue weighted by molar-refractivity contribution is 5.95. The molecule has 1 fully saturated rings. The number of nitro groups is 1. The van der Waals surface area contributed by atoms with E-state index in [0.29, 0.717) is 6.61 Å². The Morgan fingerprint density at radius 3 is 2.95 bits per heavy atom. The van der Waals surface area contributed by atoms with Crippen molar-refractivity contribution in [3.05, 3.63) is 33.9 Å². The number of anilines is 1. The van der Waals surface area contributed by atoms with E-state index in [4.69, 9.17) is 10.5 Å². The topological polar surface area (TPSA) is 107 Å². The number of hydrogen-bond acceptors (Lipinski definition) is 5. The number of benzene rings is 1. The molecule has 7 heteroatoms. The van der Waals surface area contributed by atoms with Crippen molar-refractivity contribution in [3.63, 3.8) is 0 Å². The quantitative estimate of drug-likeness (QED) is 0.495. The molecule has 2 atom stereocenters. The molecule has 1 aliphatic heterocycles. The van der Waals surface area contributed by atoms with Crippen LogP contribution >= 0.6 is 0 Å². The van der Waals surface area contributed by atoms with Crippen LogP contribution in [0.2, 0.25) is 0 Å². The number of nitrogens with zero attached hydrogens (tertiary/aromatic N) is 1. The molecule has 0 radical (unpaired) electrons. The monoisotopic (exact) mass is 279 g/mol. The average Bonchev–Trinajstić information content (AvgIpc) is 2.38. The van der Waals surface area contributed by atoms with Crippen LogP contribution < -0.4 is 11.1 Å². The molecule has 1 aromatic carbocycles. The summed E-state index contributed by atoms with van der Waals surface area (Å²) in [4.78, 5) is 22.3. The van der Waals surface area contributed by atoms with Crippen LogP contribution in [0.25, 0.3) is 0 Å². The maximum absolute atomic E-state index is 12.1. The molecule has 0 saturated carbocycles. The van der Waals surface area contributed by atoms with Crippen LogP contribution in [-0.2, 0) is 4.74 Å². The van der Waals surface area contributed by atoms with E-state index in [1.165, 1.54) is 18.2 Å². The Bertz CT molecular complexity index is 532. The number of carbonyl (C=O) groups is 1. The number of amides is 1. The predicted molar refractivity (Wildman–Crippen MR) is 73.4 cm³/mol. The number of carbonyl (C=O) groups excluding carboxylic acids is 1. The highest BCUT2D eigenvalue weighted by Crippen LogP contribution is 2.22. The second kappa shape index (κ2) is 5.87. The summed E-state index contributed by atoms with van der Waals surface area (Å²) < 4.78 is 5.40. The van der Waals surface area contributed by atoms with E-state index < -0.39 is 4.92 Å². The van der Waals surface area contributed by atoms with Crippen LogP contribution in [0, 0.1) is 10.1 Å². The summed E-state index contributed by atoms with van der Waals surface area (Å²) in [5, 5.41) is 13.7. The van der Waals surface area contributed by atoms with Crippen molar-refractivity contribution in [1.82, 2.24) is 5.32 Å². The molecule has 20 heavy (non-hydrogen) atoms. The lowest BCUT2D eigenvalue weighted by molar-refractivity contribution is -0.383. The summed E-state index contributed by atoms with van der Waals surface area (Å²) in [5.74, 6) is -0.327. The Labute approximate surface area is 116 Å². The molecular formula is C13H17N3O4. The number of nitrogens with two attached hydrogens (primary N) is 1. The number of nitrogen functional groups attached to an aromatic ring is 1. The lowest BCUT2D eigenvalue weighted by Crippen LogP contribution is -2.41. The van der Waals surface area contributed by atoms with Crippen LogP contribution in [0.3, 0.4) is 0 Å². The van der Waals surface area contributed by atoms with E-state index in [9.17, 15) is 14.9 Å². The zero-order chi connectivity index (χ0) is 14.7. The minimum atomic E-state index is -0.595. The number of ether oxygens (including phenoxy) is 1. The van der Waals surface area contributed by atoms with Crippen LogP contribution in [-0.4, -0.2) is 29.6 Å². The van der Waals surface area contributed by atoms with Gasteiger partial charge in [-0.2, -0.15) is 0 Å². The number of hydrogen-bond donors (Lipinski definition) is 2. The number of nitro benzene ring substituents is 1. The fraction of sp³-hybridized carbons (Fsp3) is 0.462. The normalized spacial score (nSPS) is 22.2. The Kier molecular flexibility index (Phi) is 4.19. The molecule has 2 rings (SSSR count). The van der Waals surface area contributed by atoms with E-state index in [2.05, 4.69) is 5.32 Å². The van der Waals surface area contributed by atoms with Gasteiger partial charge in [-0.25, -0.2) is 0 Å². The van der Waals surface area contributed by atoms with Crippen molar-refractivity contribution < 1.29 is 14.5 Å². The highest BCUT2D eigenvalue weighted by atomic mass is 16.6. The molecule has 1 heterocycles. The predicted octanol–water partition coefficient (Wildman–Crippen LogP) is 1.47. The maximum Gasteiger partial charge on any atom is 0.292 e. The van der Waals surface area contributed by atoms with Crippen molar-refractivity contribution in [2.75, 3.05) is 12.3 Å². The summed E-state index contributed by atoms with van der Waals surface area (Å²) in [6.45, 7) is 2.56. The van der Waals surface area contributed by atoms with Gasteiger partial charge in [-0.1, -0.05) is 0 Å². The van der Waals surface area contributed by atoms with Crippen LogP contribution in [0.4, 0.5) is 11.4 Å². The zero-order valence-corrected chi connectivity index (χ0v) is 11.2. The van der Waals surface area contributed by atoms with Crippen LogP contribution in [0.15, 0.2) is 18.2 Å². The molecule has 0 bridgehead atoms. The standard InChI is InChI=1S/C13H17N3O4/c1-8-6-10(4-5-20-8)15-13(17)9-2-3-11(14)12(7-9)16(18)19/h2-3,7-8,10H,4-6,14H2,1H3,(H,15,17). The van der Waals surface area contributed by atoms with E-state index >= 15 is 0 Å². The molecule has 0 aliphatic carbocycles. The minimum absolute atomic E-state index is 0.0304. The number of nitrogens with one attached hydrogen (secondary N) is 1. The second-order valence-electron chi connectivity index (χ2n) is 4.91. The first-order chi connectivity index (χ1) is 9.47. The van der Waals surface area contributed by atoms with Gasteiger partial charge in [0.15, 0.2) is 0 Å². The maximum atomic E-state index is 12.1. The van der Waals surface area contributed by atoms with Gasteiger partial charge >= 0.3 is 0 Å². The van der Waals surface area contributed by atoms with Crippen LogP contribution in [0.1, 0.15) is 30.1 Å². The Hall–Kier alpha value is -2.15. The second-order valence-corrected chi connectivity index (χ2v) is 4.91. The minimum Gasteiger partial charge on any atom is -0.393 e. The smallest absolute Gasteiger partial charge is 0.292 e. The number of rotatable bonds is 3. The largest absolute Gasteiger partial charge is 0.393 e. The van der Waals surface area contributed by atoms with Crippen molar-refractivity contribution in [1.29, 1.82) is 0 Å². The van der Waals surface area contributed by atoms with E-state index in [0.717, 1.165) is 12.8 Å². The zero-order valence-electron chi connectivity index (χ0n) is 11.2. The third-order valence-corrected chi connectivity index (χ3v) is 3.31. The van der Waals surface area contributed by atoms with Crippen molar-refractivity contribution in [2.24, 2.45) is 0 Å². The van der Waals surface area contributed by atoms with E-state index in [1.54, 1.807) is 0 Å². The summed E-state index contributed by atoms with van der Waals surface area (Å²) in [6.07, 6.45) is 1.59. The van der Waals surface area contributed by atoms with Gasteiger partial charge in [0.2, 0.25) is 0 Å². The van der Waals surface area contributed by atoms with Gasteiger partial charge < -0.3 is 15.8 Å². The summed E-state index contributed by atoms with van der Waals surface area (Å²) in [5.41, 5.74) is 5.54. The Balaban J connectivity index is 2.09. The van der Waals surface area contributed by atoms with Crippen molar-refractivity contribution in [2.45, 2.75) is 31.9 Å². The lowest BCUT2D eigenvalue weighted by Gasteiger charge is -2.27. The molecule has 2 unspecified atom stereocenters. The van der Waals surface area contributed by atoms with E-state index in [1.807, 2.05) is 6.92 Å². The molecule has 0 aromatic heterocycles. The lowest BCUT2D eigenvalue weighted by atomic mass is 10.0. The third-order valence-electron chi connectivity index (χ3n) is 3.31. The Morgan fingerprint density at radius 2 is 2.30 bits per heavy atom. The molecule has 1 aliphatic rings. The van der Waals surface area contributed by atoms with Gasteiger partial charge in [-0.3, -0.25) is 14.9 Å². The molecule has 108 valence electrons.